The Morgan fingerprint density at radius 1 is 1.35 bits per heavy atom. The number of phenolic OH excluding ortho intramolecular Hbond substituents is 1. The molecule has 0 atom stereocenters. The Kier molecular flexibility index (Phi) is 5.58. The quantitative estimate of drug-likeness (QED) is 0.473. The molecule has 2 amide bonds. The minimum Gasteiger partial charge on any atom is -0.508 e. The Balaban J connectivity index is 2.31. The summed E-state index contributed by atoms with van der Waals surface area (Å²) >= 11 is 0. The minimum absolute atomic E-state index is 0.112. The molecule has 0 spiro atoms. The molecule has 4 N–H and O–H groups in total. The standard InChI is InChI=1S/C14H18N2O4/c1-9-5-6-11(8-12(9)17)16-14(20)15-7-3-4-10(2)13(18)19/h5-6,8,17H,2-4,7H2,1H3,(H,18,19)(H2,15,16,20). The number of aliphatic carboxylic acids is 1. The minimum atomic E-state index is -1.02. The van der Waals surface area contributed by atoms with Gasteiger partial charge in [-0.3, -0.25) is 0 Å². The van der Waals surface area contributed by atoms with Crippen LogP contribution in [0.5, 0.6) is 5.75 Å². The third kappa shape index (κ3) is 5.01. The van der Waals surface area contributed by atoms with E-state index in [9.17, 15) is 14.7 Å². The number of carbonyl (C=O) groups is 2. The average molecular weight is 278 g/mol. The van der Waals surface area contributed by atoms with Gasteiger partial charge in [0.05, 0.1) is 0 Å². The van der Waals surface area contributed by atoms with Crippen molar-refractivity contribution in [1.29, 1.82) is 0 Å². The number of aromatic hydroxyl groups is 1. The van der Waals surface area contributed by atoms with E-state index in [-0.39, 0.29) is 11.3 Å². The van der Waals surface area contributed by atoms with Gasteiger partial charge in [0.15, 0.2) is 0 Å². The molecule has 0 heterocycles. The lowest BCUT2D eigenvalue weighted by Crippen LogP contribution is -2.29. The van der Waals surface area contributed by atoms with Crippen molar-refractivity contribution in [2.24, 2.45) is 0 Å². The zero-order valence-corrected chi connectivity index (χ0v) is 11.3. The number of amides is 2. The second kappa shape index (κ2) is 7.18. The van der Waals surface area contributed by atoms with Gasteiger partial charge in [-0.05, 0) is 31.4 Å². The first kappa shape index (κ1) is 15.6. The third-order valence-corrected chi connectivity index (χ3v) is 2.71. The molecular weight excluding hydrogens is 260 g/mol. The molecule has 6 heteroatoms. The number of carbonyl (C=O) groups excluding carboxylic acids is 1. The predicted molar refractivity (Wildman–Crippen MR) is 75.9 cm³/mol. The number of aryl methyl sites for hydroxylation is 1. The number of hydrogen-bond donors (Lipinski definition) is 4. The van der Waals surface area contributed by atoms with Crippen molar-refractivity contribution in [3.63, 3.8) is 0 Å². The van der Waals surface area contributed by atoms with Crippen molar-refractivity contribution in [3.8, 4) is 5.75 Å². The van der Waals surface area contributed by atoms with Crippen LogP contribution in [0.2, 0.25) is 0 Å². The largest absolute Gasteiger partial charge is 0.508 e. The summed E-state index contributed by atoms with van der Waals surface area (Å²) in [6.07, 6.45) is 0.818. The summed E-state index contributed by atoms with van der Waals surface area (Å²) in [6.45, 7) is 5.50. The number of rotatable bonds is 6. The fraction of sp³-hybridized carbons (Fsp3) is 0.286. The Bertz CT molecular complexity index is 526. The molecule has 0 aliphatic carbocycles. The van der Waals surface area contributed by atoms with Crippen LogP contribution in [-0.4, -0.2) is 28.8 Å². The molecular formula is C14H18N2O4. The SMILES string of the molecule is C=C(CCCNC(=O)Nc1ccc(C)c(O)c1)C(=O)O. The molecule has 0 bridgehead atoms. The molecule has 1 rings (SSSR count). The lowest BCUT2D eigenvalue weighted by atomic mass is 10.2. The first-order valence-corrected chi connectivity index (χ1v) is 6.15. The van der Waals surface area contributed by atoms with E-state index >= 15 is 0 Å². The summed E-state index contributed by atoms with van der Waals surface area (Å²) in [6, 6.07) is 4.43. The molecule has 6 nitrogen and oxygen atoms in total. The monoisotopic (exact) mass is 278 g/mol. The molecule has 0 aliphatic rings. The Labute approximate surface area is 117 Å². The van der Waals surface area contributed by atoms with Gasteiger partial charge in [-0.1, -0.05) is 12.6 Å². The van der Waals surface area contributed by atoms with Gasteiger partial charge in [0, 0.05) is 23.9 Å². The van der Waals surface area contributed by atoms with Crippen LogP contribution in [0.1, 0.15) is 18.4 Å². The van der Waals surface area contributed by atoms with Crippen LogP contribution >= 0.6 is 0 Å². The molecule has 0 fully saturated rings. The number of urea groups is 1. The van der Waals surface area contributed by atoms with Gasteiger partial charge in [-0.2, -0.15) is 0 Å². The maximum Gasteiger partial charge on any atom is 0.330 e. The summed E-state index contributed by atoms with van der Waals surface area (Å²) in [5, 5.41) is 23.3. The molecule has 20 heavy (non-hydrogen) atoms. The van der Waals surface area contributed by atoms with Crippen molar-refractivity contribution in [2.75, 3.05) is 11.9 Å². The van der Waals surface area contributed by atoms with E-state index in [0.717, 1.165) is 5.56 Å². The van der Waals surface area contributed by atoms with E-state index < -0.39 is 12.0 Å². The third-order valence-electron chi connectivity index (χ3n) is 2.71. The Morgan fingerprint density at radius 3 is 2.65 bits per heavy atom. The highest BCUT2D eigenvalue weighted by atomic mass is 16.4. The molecule has 0 aromatic heterocycles. The topological polar surface area (TPSA) is 98.7 Å². The van der Waals surface area contributed by atoms with Crippen LogP contribution in [0.15, 0.2) is 30.4 Å². The lowest BCUT2D eigenvalue weighted by molar-refractivity contribution is -0.132. The van der Waals surface area contributed by atoms with Crippen molar-refractivity contribution < 1.29 is 19.8 Å². The summed E-state index contributed by atoms with van der Waals surface area (Å²) < 4.78 is 0. The van der Waals surface area contributed by atoms with Crippen LogP contribution in [0.4, 0.5) is 10.5 Å². The van der Waals surface area contributed by atoms with Crippen LogP contribution < -0.4 is 10.6 Å². The first-order valence-electron chi connectivity index (χ1n) is 6.15. The summed E-state index contributed by atoms with van der Waals surface area (Å²) in [5.74, 6) is -0.912. The highest BCUT2D eigenvalue weighted by Gasteiger charge is 2.05. The lowest BCUT2D eigenvalue weighted by Gasteiger charge is -2.08. The summed E-state index contributed by atoms with van der Waals surface area (Å²) in [5.41, 5.74) is 1.33. The molecule has 1 aromatic carbocycles. The van der Waals surface area contributed by atoms with Gasteiger partial charge in [-0.15, -0.1) is 0 Å². The van der Waals surface area contributed by atoms with Crippen molar-refractivity contribution in [1.82, 2.24) is 5.32 Å². The number of benzene rings is 1. The zero-order chi connectivity index (χ0) is 15.1. The smallest absolute Gasteiger partial charge is 0.330 e. The van der Waals surface area contributed by atoms with Gasteiger partial charge >= 0.3 is 12.0 Å². The van der Waals surface area contributed by atoms with Gasteiger partial charge < -0.3 is 20.8 Å². The van der Waals surface area contributed by atoms with E-state index in [1.54, 1.807) is 19.1 Å². The second-order valence-electron chi connectivity index (χ2n) is 4.39. The van der Waals surface area contributed by atoms with Crippen molar-refractivity contribution in [2.45, 2.75) is 19.8 Å². The fourth-order valence-corrected chi connectivity index (χ4v) is 1.47. The number of carboxylic acids is 1. The molecule has 108 valence electrons. The van der Waals surface area contributed by atoms with Crippen LogP contribution in [0, 0.1) is 6.92 Å². The maximum atomic E-state index is 11.5. The number of hydrogen-bond acceptors (Lipinski definition) is 3. The summed E-state index contributed by atoms with van der Waals surface area (Å²) in [7, 11) is 0. The molecule has 0 radical (unpaired) electrons. The van der Waals surface area contributed by atoms with Crippen LogP contribution in [0.3, 0.4) is 0 Å². The predicted octanol–water partition coefficient (Wildman–Crippen LogP) is 2.24. The highest BCUT2D eigenvalue weighted by molar-refractivity contribution is 5.89. The number of nitrogens with one attached hydrogen (secondary N) is 2. The Hall–Kier alpha value is -2.50. The van der Waals surface area contributed by atoms with Crippen molar-refractivity contribution in [3.05, 3.63) is 35.9 Å². The summed E-state index contributed by atoms with van der Waals surface area (Å²) in [4.78, 5) is 22.0. The normalized spacial score (nSPS) is 9.85. The van der Waals surface area contributed by atoms with Crippen molar-refractivity contribution >= 4 is 17.7 Å². The number of anilines is 1. The van der Waals surface area contributed by atoms with E-state index in [0.29, 0.717) is 25.1 Å². The van der Waals surface area contributed by atoms with E-state index in [1.165, 1.54) is 6.07 Å². The molecule has 0 unspecified atom stereocenters. The molecule has 0 saturated heterocycles. The van der Waals surface area contributed by atoms with Gasteiger partial charge in [0.1, 0.15) is 5.75 Å². The second-order valence-corrected chi connectivity index (χ2v) is 4.39. The fourth-order valence-electron chi connectivity index (χ4n) is 1.47. The Morgan fingerprint density at radius 2 is 2.05 bits per heavy atom. The van der Waals surface area contributed by atoms with Crippen LogP contribution in [0.25, 0.3) is 0 Å². The first-order chi connectivity index (χ1) is 9.40. The number of phenols is 1. The molecule has 1 aromatic rings. The number of carboxylic acid groups (broad SMARTS) is 1. The van der Waals surface area contributed by atoms with E-state index in [4.69, 9.17) is 5.11 Å². The van der Waals surface area contributed by atoms with Gasteiger partial charge in [0.25, 0.3) is 0 Å². The zero-order valence-electron chi connectivity index (χ0n) is 11.3. The van der Waals surface area contributed by atoms with E-state index in [1.807, 2.05) is 0 Å². The van der Waals surface area contributed by atoms with Gasteiger partial charge in [-0.25, -0.2) is 9.59 Å². The highest BCUT2D eigenvalue weighted by Crippen LogP contribution is 2.20. The molecule has 0 saturated carbocycles. The average Bonchev–Trinajstić information content (AvgIpc) is 2.38. The van der Waals surface area contributed by atoms with Crippen LogP contribution in [-0.2, 0) is 4.79 Å². The molecule has 0 aliphatic heterocycles. The van der Waals surface area contributed by atoms with E-state index in [2.05, 4.69) is 17.2 Å². The maximum absolute atomic E-state index is 11.5. The van der Waals surface area contributed by atoms with Gasteiger partial charge in [0.2, 0.25) is 0 Å².